The van der Waals surface area contributed by atoms with Crippen molar-refractivity contribution in [1.29, 1.82) is 0 Å². The summed E-state index contributed by atoms with van der Waals surface area (Å²) in [6.07, 6.45) is 17.0. The molecule has 0 saturated heterocycles. The molecule has 5 atom stereocenters. The molecule has 0 aliphatic heterocycles. The average Bonchev–Trinajstić information content (AvgIpc) is 1.78. The third-order valence-corrected chi connectivity index (χ3v) is 26.7. The Balaban J connectivity index is 0.000000154. The largest absolute Gasteiger partial charge is 0.465 e. The van der Waals surface area contributed by atoms with Crippen LogP contribution >= 0.6 is 0 Å². The zero-order chi connectivity index (χ0) is 91.7. The van der Waals surface area contributed by atoms with Gasteiger partial charge in [-0.05, 0) is 299 Å². The van der Waals surface area contributed by atoms with Crippen LogP contribution in [0.5, 0.6) is 28.7 Å². The van der Waals surface area contributed by atoms with Crippen LogP contribution < -0.4 is 23.7 Å². The molecule has 5 aliphatic carbocycles. The summed E-state index contributed by atoms with van der Waals surface area (Å²) in [4.78, 5) is 12.0. The standard InChI is InChI=1S/C22H24F2O3.4C21H24F2O2/c1-22(2)11-5-8-19(22)18-13-15(20(25)26-3)9-10-17(18)14-6-4-7-16(12-14)27-21(23)24;4*1-21(2)10-4-7-19(21)18-11-14(13-24)8-9-17(18)15-5-3-6-16(12-15)25-20(22)23/h4,6-7,9-10,12-13,19,21H,5,8,11H2,1-3H3;4*3,5-6,8-9,11-12,19-20,24H,4,7,10,13H2,1-2H3/t;2*19-;;/m.10../s1. The summed E-state index contributed by atoms with van der Waals surface area (Å²) >= 11 is 0. The van der Waals surface area contributed by atoms with Gasteiger partial charge < -0.3 is 48.8 Å². The highest BCUT2D eigenvalue weighted by Crippen LogP contribution is 2.57. The lowest BCUT2D eigenvalue weighted by Gasteiger charge is -2.29. The van der Waals surface area contributed by atoms with E-state index in [1.165, 1.54) is 85.4 Å². The quantitative estimate of drug-likeness (QED) is 0.0319. The minimum absolute atomic E-state index is 0.00500. The summed E-state index contributed by atoms with van der Waals surface area (Å²) in [5, 5.41) is 38.1. The first kappa shape index (κ1) is 97.4. The molecule has 10 aromatic rings. The van der Waals surface area contributed by atoms with E-state index in [-0.39, 0.29) is 94.1 Å². The van der Waals surface area contributed by atoms with E-state index in [1.54, 1.807) is 66.7 Å². The van der Waals surface area contributed by atoms with E-state index in [0.717, 1.165) is 154 Å². The molecule has 680 valence electrons. The average molecular weight is 1760 g/mol. The fourth-order valence-electron chi connectivity index (χ4n) is 20.1. The summed E-state index contributed by atoms with van der Waals surface area (Å²) in [6.45, 7) is 8.44. The fraction of sp³-hybridized carbons (Fsp3) is 0.425. The lowest BCUT2D eigenvalue weighted by molar-refractivity contribution is -0.0505. The van der Waals surface area contributed by atoms with Gasteiger partial charge in [0.15, 0.2) is 0 Å². The Labute approximate surface area is 740 Å². The van der Waals surface area contributed by atoms with Crippen LogP contribution in [-0.4, -0.2) is 66.6 Å². The van der Waals surface area contributed by atoms with Crippen LogP contribution in [0, 0.1) is 27.1 Å². The summed E-state index contributed by atoms with van der Waals surface area (Å²) < 4.78 is 153. The molecule has 5 saturated carbocycles. The number of carbonyl (C=O) groups excluding carboxylic acids is 1. The third-order valence-electron chi connectivity index (χ3n) is 26.7. The molecule has 10 aromatic carbocycles. The van der Waals surface area contributed by atoms with E-state index < -0.39 is 33.1 Å². The molecule has 0 amide bonds. The van der Waals surface area contributed by atoms with E-state index >= 15 is 0 Å². The van der Waals surface area contributed by atoms with Crippen LogP contribution in [-0.2, 0) is 31.2 Å². The molecule has 4 N–H and O–H groups in total. The lowest BCUT2D eigenvalue weighted by atomic mass is 9.75. The van der Waals surface area contributed by atoms with Crippen molar-refractivity contribution in [3.8, 4) is 84.4 Å². The van der Waals surface area contributed by atoms with Gasteiger partial charge in [-0.25, -0.2) is 4.79 Å². The smallest absolute Gasteiger partial charge is 0.387 e. The highest BCUT2D eigenvalue weighted by atomic mass is 19.3. The molecule has 127 heavy (non-hydrogen) atoms. The van der Waals surface area contributed by atoms with E-state index in [2.05, 4.69) is 117 Å². The number of benzene rings is 10. The Hall–Kier alpha value is -10.2. The molecule has 21 heteroatoms. The lowest BCUT2D eigenvalue weighted by Crippen LogP contribution is -2.17. The fourth-order valence-corrected chi connectivity index (χ4v) is 20.1. The zero-order valence-electron chi connectivity index (χ0n) is 74.3. The number of aliphatic hydroxyl groups excluding tert-OH is 4. The molecule has 0 radical (unpaired) electrons. The highest BCUT2D eigenvalue weighted by molar-refractivity contribution is 5.91. The van der Waals surface area contributed by atoms with Crippen LogP contribution in [0.2, 0.25) is 0 Å². The highest BCUT2D eigenvalue weighted by Gasteiger charge is 2.42. The number of ether oxygens (including phenoxy) is 6. The van der Waals surface area contributed by atoms with Gasteiger partial charge in [-0.2, -0.15) is 43.9 Å². The minimum Gasteiger partial charge on any atom is -0.465 e. The van der Waals surface area contributed by atoms with Gasteiger partial charge in [0.2, 0.25) is 0 Å². The van der Waals surface area contributed by atoms with E-state index in [1.807, 2.05) is 91.0 Å². The Kier molecular flexibility index (Phi) is 33.2. The minimum atomic E-state index is -2.87. The van der Waals surface area contributed by atoms with Crippen molar-refractivity contribution >= 4 is 5.97 Å². The zero-order valence-corrected chi connectivity index (χ0v) is 74.3. The van der Waals surface area contributed by atoms with Crippen LogP contribution in [0.25, 0.3) is 55.6 Å². The molecule has 5 aliphatic rings. The maximum atomic E-state index is 12.6. The van der Waals surface area contributed by atoms with Gasteiger partial charge in [-0.1, -0.05) is 241 Å². The van der Waals surface area contributed by atoms with Crippen molar-refractivity contribution in [3.63, 3.8) is 0 Å². The van der Waals surface area contributed by atoms with E-state index in [0.29, 0.717) is 29.2 Å². The maximum absolute atomic E-state index is 12.6. The van der Waals surface area contributed by atoms with Crippen molar-refractivity contribution in [2.24, 2.45) is 27.1 Å². The van der Waals surface area contributed by atoms with Crippen LogP contribution in [0.15, 0.2) is 212 Å². The number of aliphatic hydroxyl groups is 4. The number of methoxy groups -OCH3 is 1. The maximum Gasteiger partial charge on any atom is 0.387 e. The van der Waals surface area contributed by atoms with Gasteiger partial charge in [-0.15, -0.1) is 0 Å². The predicted octanol–water partition coefficient (Wildman–Crippen LogP) is 29.0. The van der Waals surface area contributed by atoms with Crippen LogP contribution in [0.3, 0.4) is 0 Å². The van der Waals surface area contributed by atoms with Crippen LogP contribution in [0.1, 0.15) is 256 Å². The molecule has 0 aromatic heterocycles. The normalized spacial score (nSPS) is 19.2. The van der Waals surface area contributed by atoms with Crippen molar-refractivity contribution in [2.75, 3.05) is 7.11 Å². The van der Waals surface area contributed by atoms with Gasteiger partial charge in [0.1, 0.15) is 28.7 Å². The SMILES string of the molecule is CC1(C)CCCC1c1cc(CO)ccc1-c1cccc(OC(F)F)c1.CC1(C)CCCC1c1cc(CO)ccc1-c1cccc(OC(F)F)c1.CC1(C)CCC[C@@H]1c1cc(CO)ccc1-c1cccc(OC(F)F)c1.CC1(C)CCC[C@H]1c1cc(CO)ccc1-c1cccc(OC(F)F)c1.COC(=O)c1ccc(-c2cccc(OC(F)F)c2)c(C2CCCC2(C)C)c1. The first-order valence-electron chi connectivity index (χ1n) is 43.9. The third kappa shape index (κ3) is 25.2. The molecule has 0 spiro atoms. The second-order valence-corrected chi connectivity index (χ2v) is 37.3. The number of carbonyl (C=O) groups is 1. The number of rotatable bonds is 25. The first-order valence-corrected chi connectivity index (χ1v) is 43.9. The van der Waals surface area contributed by atoms with E-state index in [9.17, 15) is 69.1 Å². The summed E-state index contributed by atoms with van der Waals surface area (Å²) in [6, 6.07) is 63.3. The summed E-state index contributed by atoms with van der Waals surface area (Å²) in [5.41, 5.74) is 19.9. The number of alkyl halides is 10. The number of halogens is 10. The monoisotopic (exact) mass is 1760 g/mol. The Morgan fingerprint density at radius 3 is 0.661 bits per heavy atom. The van der Waals surface area contributed by atoms with Gasteiger partial charge in [0, 0.05) is 0 Å². The van der Waals surface area contributed by atoms with Gasteiger partial charge in [0.05, 0.1) is 39.1 Å². The summed E-state index contributed by atoms with van der Waals surface area (Å²) in [7, 11) is 1.36. The molecule has 11 nitrogen and oxygen atoms in total. The Morgan fingerprint density at radius 1 is 0.291 bits per heavy atom. The molecule has 5 fully saturated rings. The molecule has 0 heterocycles. The topological polar surface area (TPSA) is 153 Å². The van der Waals surface area contributed by atoms with Crippen molar-refractivity contribution < 1.29 is 97.5 Å². The van der Waals surface area contributed by atoms with Crippen LogP contribution in [0.4, 0.5) is 43.9 Å². The van der Waals surface area contributed by atoms with E-state index in [4.69, 9.17) is 4.74 Å². The molecule has 3 unspecified atom stereocenters. The van der Waals surface area contributed by atoms with Crippen molar-refractivity contribution in [3.05, 3.63) is 268 Å². The second kappa shape index (κ2) is 43.3. The van der Waals surface area contributed by atoms with Gasteiger partial charge >= 0.3 is 39.0 Å². The first-order chi connectivity index (χ1) is 60.4. The predicted molar refractivity (Wildman–Crippen MR) is 479 cm³/mol. The molecule has 15 rings (SSSR count). The summed E-state index contributed by atoms with van der Waals surface area (Å²) in [5.74, 6) is 2.20. The van der Waals surface area contributed by atoms with Crippen molar-refractivity contribution in [1.82, 2.24) is 0 Å². The Bertz CT molecular complexity index is 4790. The van der Waals surface area contributed by atoms with Gasteiger partial charge in [0.25, 0.3) is 0 Å². The molecule has 0 bridgehead atoms. The number of hydrogen-bond donors (Lipinski definition) is 4. The number of esters is 1. The van der Waals surface area contributed by atoms with Crippen molar-refractivity contribution in [2.45, 2.75) is 255 Å². The van der Waals surface area contributed by atoms with Gasteiger partial charge in [-0.3, -0.25) is 0 Å². The molecular formula is C106H120F10O11. The molecular weight excluding hydrogens is 1640 g/mol. The second-order valence-electron chi connectivity index (χ2n) is 37.3. The Morgan fingerprint density at radius 2 is 0.488 bits per heavy atom. The number of hydrogen-bond acceptors (Lipinski definition) is 11.